The first-order valence-electron chi connectivity index (χ1n) is 5.56. The molecule has 0 aliphatic heterocycles. The van der Waals surface area contributed by atoms with E-state index in [2.05, 4.69) is 20.8 Å². The number of para-hydroxylation sites is 1. The van der Waals surface area contributed by atoms with Crippen LogP contribution in [0.25, 0.3) is 0 Å². The number of nitrogens with zero attached hydrogens (tertiary/aromatic N) is 1. The fourth-order valence-corrected chi connectivity index (χ4v) is 1.60. The van der Waals surface area contributed by atoms with Crippen LogP contribution in [0.3, 0.4) is 0 Å². The van der Waals surface area contributed by atoms with Crippen LogP contribution in [0.1, 0.15) is 32.8 Å². The van der Waals surface area contributed by atoms with E-state index < -0.39 is 0 Å². The number of hydrogen-bond donors (Lipinski definition) is 1. The van der Waals surface area contributed by atoms with Gasteiger partial charge < -0.3 is 10.0 Å². The van der Waals surface area contributed by atoms with Gasteiger partial charge in [-0.25, -0.2) is 4.39 Å². The average molecular weight is 225 g/mol. The molecule has 0 unspecified atom stereocenters. The van der Waals surface area contributed by atoms with Crippen LogP contribution in [0.2, 0.25) is 0 Å². The molecule has 2 nitrogen and oxygen atoms in total. The summed E-state index contributed by atoms with van der Waals surface area (Å²) in [4.78, 5) is 1.90. The highest BCUT2D eigenvalue weighted by atomic mass is 19.1. The van der Waals surface area contributed by atoms with Gasteiger partial charge in [0.25, 0.3) is 0 Å². The molecule has 1 N–H and O–H groups in total. The predicted octanol–water partition coefficient (Wildman–Crippen LogP) is 2.94. The maximum atomic E-state index is 13.8. The molecule has 0 saturated carbocycles. The summed E-state index contributed by atoms with van der Waals surface area (Å²) in [6, 6.07) is 4.80. The van der Waals surface area contributed by atoms with Gasteiger partial charge in [0.1, 0.15) is 5.82 Å². The Morgan fingerprint density at radius 1 is 1.38 bits per heavy atom. The van der Waals surface area contributed by atoms with Crippen LogP contribution in [-0.4, -0.2) is 17.7 Å². The van der Waals surface area contributed by atoms with E-state index in [-0.39, 0.29) is 18.0 Å². The quantitative estimate of drug-likeness (QED) is 0.851. The van der Waals surface area contributed by atoms with E-state index >= 15 is 0 Å². The second-order valence-corrected chi connectivity index (χ2v) is 4.63. The van der Waals surface area contributed by atoms with Crippen LogP contribution in [0.15, 0.2) is 18.2 Å². The van der Waals surface area contributed by atoms with Crippen molar-refractivity contribution in [1.82, 2.24) is 0 Å². The van der Waals surface area contributed by atoms with Crippen LogP contribution in [0.5, 0.6) is 0 Å². The van der Waals surface area contributed by atoms with Crippen molar-refractivity contribution < 1.29 is 9.50 Å². The SMILES string of the molecule is CCC(C)(C)N(C)c1c(F)cccc1CO. The fourth-order valence-electron chi connectivity index (χ4n) is 1.60. The summed E-state index contributed by atoms with van der Waals surface area (Å²) in [5.74, 6) is -0.282. The van der Waals surface area contributed by atoms with Crippen LogP contribution < -0.4 is 4.90 Å². The topological polar surface area (TPSA) is 23.5 Å². The lowest BCUT2D eigenvalue weighted by molar-refractivity contribution is 0.280. The Labute approximate surface area is 96.7 Å². The third-order valence-corrected chi connectivity index (χ3v) is 3.35. The molecule has 1 aromatic rings. The minimum atomic E-state index is -0.282. The Balaban J connectivity index is 3.21. The molecule has 0 bridgehead atoms. The van der Waals surface area contributed by atoms with Gasteiger partial charge in [0, 0.05) is 18.2 Å². The third kappa shape index (κ3) is 2.35. The zero-order valence-electron chi connectivity index (χ0n) is 10.4. The van der Waals surface area contributed by atoms with E-state index in [0.29, 0.717) is 11.3 Å². The first kappa shape index (κ1) is 13.0. The minimum Gasteiger partial charge on any atom is -0.392 e. The lowest BCUT2D eigenvalue weighted by atomic mass is 9.98. The molecular formula is C13H20FNO. The molecule has 0 atom stereocenters. The molecule has 1 aromatic carbocycles. The van der Waals surface area contributed by atoms with E-state index in [1.54, 1.807) is 12.1 Å². The molecular weight excluding hydrogens is 205 g/mol. The lowest BCUT2D eigenvalue weighted by Crippen LogP contribution is -2.41. The van der Waals surface area contributed by atoms with Gasteiger partial charge in [-0.1, -0.05) is 19.1 Å². The molecule has 1 rings (SSSR count). The lowest BCUT2D eigenvalue weighted by Gasteiger charge is -2.38. The summed E-state index contributed by atoms with van der Waals surface area (Å²) in [5.41, 5.74) is 0.993. The van der Waals surface area contributed by atoms with E-state index in [1.165, 1.54) is 6.07 Å². The van der Waals surface area contributed by atoms with Crippen LogP contribution in [0.4, 0.5) is 10.1 Å². The van der Waals surface area contributed by atoms with Crippen molar-refractivity contribution in [3.8, 4) is 0 Å². The van der Waals surface area contributed by atoms with Gasteiger partial charge in [0.15, 0.2) is 0 Å². The maximum absolute atomic E-state index is 13.8. The highest BCUT2D eigenvalue weighted by Crippen LogP contribution is 2.30. The molecule has 0 fully saturated rings. The van der Waals surface area contributed by atoms with Crippen LogP contribution in [0, 0.1) is 5.82 Å². The molecule has 90 valence electrons. The fraction of sp³-hybridized carbons (Fsp3) is 0.538. The first-order valence-corrected chi connectivity index (χ1v) is 5.56. The molecule has 16 heavy (non-hydrogen) atoms. The summed E-state index contributed by atoms with van der Waals surface area (Å²) in [7, 11) is 1.86. The molecule has 0 heterocycles. The van der Waals surface area contributed by atoms with Gasteiger partial charge in [0.2, 0.25) is 0 Å². The summed E-state index contributed by atoms with van der Waals surface area (Å²) in [5, 5.41) is 9.24. The number of aliphatic hydroxyl groups excluding tert-OH is 1. The molecule has 0 saturated heterocycles. The number of rotatable bonds is 4. The van der Waals surface area contributed by atoms with Gasteiger partial charge in [-0.15, -0.1) is 0 Å². The van der Waals surface area contributed by atoms with Crippen molar-refractivity contribution in [3.63, 3.8) is 0 Å². The van der Waals surface area contributed by atoms with Gasteiger partial charge in [0.05, 0.1) is 12.3 Å². The molecule has 0 radical (unpaired) electrons. The second-order valence-electron chi connectivity index (χ2n) is 4.63. The van der Waals surface area contributed by atoms with Crippen molar-refractivity contribution in [1.29, 1.82) is 0 Å². The van der Waals surface area contributed by atoms with Gasteiger partial charge in [-0.3, -0.25) is 0 Å². The third-order valence-electron chi connectivity index (χ3n) is 3.35. The first-order chi connectivity index (χ1) is 7.44. The zero-order chi connectivity index (χ0) is 12.3. The number of anilines is 1. The Kier molecular flexibility index (Phi) is 3.92. The smallest absolute Gasteiger partial charge is 0.146 e. The maximum Gasteiger partial charge on any atom is 0.146 e. The molecule has 0 aliphatic rings. The van der Waals surface area contributed by atoms with Crippen molar-refractivity contribution >= 4 is 5.69 Å². The number of aliphatic hydroxyl groups is 1. The van der Waals surface area contributed by atoms with Gasteiger partial charge in [-0.2, -0.15) is 0 Å². The van der Waals surface area contributed by atoms with Crippen molar-refractivity contribution in [2.75, 3.05) is 11.9 Å². The normalized spacial score (nSPS) is 11.6. The van der Waals surface area contributed by atoms with Crippen LogP contribution in [-0.2, 0) is 6.61 Å². The van der Waals surface area contributed by atoms with E-state index in [1.807, 2.05) is 11.9 Å². The molecule has 0 aliphatic carbocycles. The Morgan fingerprint density at radius 3 is 2.50 bits per heavy atom. The second kappa shape index (κ2) is 4.83. The highest BCUT2D eigenvalue weighted by molar-refractivity contribution is 5.55. The molecule has 3 heteroatoms. The number of benzene rings is 1. The molecule has 0 aromatic heterocycles. The van der Waals surface area contributed by atoms with Crippen molar-refractivity contribution in [2.45, 2.75) is 39.3 Å². The molecule has 0 spiro atoms. The minimum absolute atomic E-state index is 0.133. The molecule has 0 amide bonds. The largest absolute Gasteiger partial charge is 0.392 e. The van der Waals surface area contributed by atoms with E-state index in [4.69, 9.17) is 0 Å². The monoisotopic (exact) mass is 225 g/mol. The Hall–Kier alpha value is -1.09. The van der Waals surface area contributed by atoms with E-state index in [0.717, 1.165) is 6.42 Å². The highest BCUT2D eigenvalue weighted by Gasteiger charge is 2.25. The summed E-state index contributed by atoms with van der Waals surface area (Å²) in [6.45, 7) is 6.04. The average Bonchev–Trinajstić information content (AvgIpc) is 2.27. The summed E-state index contributed by atoms with van der Waals surface area (Å²) < 4.78 is 13.8. The number of hydrogen-bond acceptors (Lipinski definition) is 2. The standard InChI is InChI=1S/C13H20FNO/c1-5-13(2,3)15(4)12-10(9-16)7-6-8-11(12)14/h6-8,16H,5,9H2,1-4H3. The number of halogens is 1. The van der Waals surface area contributed by atoms with Crippen molar-refractivity contribution in [2.24, 2.45) is 0 Å². The zero-order valence-corrected chi connectivity index (χ0v) is 10.4. The Morgan fingerprint density at radius 2 is 2.00 bits per heavy atom. The van der Waals surface area contributed by atoms with Gasteiger partial charge in [-0.05, 0) is 26.3 Å². The Bertz CT molecular complexity index is 363. The van der Waals surface area contributed by atoms with Crippen molar-refractivity contribution in [3.05, 3.63) is 29.6 Å². The van der Waals surface area contributed by atoms with E-state index in [9.17, 15) is 9.50 Å². The summed E-state index contributed by atoms with van der Waals surface area (Å²) in [6.07, 6.45) is 0.905. The van der Waals surface area contributed by atoms with Gasteiger partial charge >= 0.3 is 0 Å². The summed E-state index contributed by atoms with van der Waals surface area (Å²) >= 11 is 0. The predicted molar refractivity (Wildman–Crippen MR) is 65.1 cm³/mol. The van der Waals surface area contributed by atoms with Crippen LogP contribution >= 0.6 is 0 Å².